The summed E-state index contributed by atoms with van der Waals surface area (Å²) in [4.78, 5) is 0. The Morgan fingerprint density at radius 3 is 2.80 bits per heavy atom. The summed E-state index contributed by atoms with van der Waals surface area (Å²) >= 11 is 0. The van der Waals surface area contributed by atoms with Gasteiger partial charge in [-0.25, -0.2) is 0 Å². The fourth-order valence-electron chi connectivity index (χ4n) is 1.55. The minimum Gasteiger partial charge on any atom is -0.392 e. The number of aromatic nitrogens is 3. The van der Waals surface area contributed by atoms with Crippen molar-refractivity contribution in [2.24, 2.45) is 0 Å². The van der Waals surface area contributed by atoms with Gasteiger partial charge in [-0.2, -0.15) is 5.10 Å². The molecular weight excluding hydrogens is 190 g/mol. The molecule has 2 heterocycles. The molecular formula is C11H15N3O. The van der Waals surface area contributed by atoms with Crippen LogP contribution in [-0.4, -0.2) is 19.5 Å². The van der Waals surface area contributed by atoms with Crippen LogP contribution in [0.1, 0.15) is 18.1 Å². The van der Waals surface area contributed by atoms with E-state index in [9.17, 15) is 0 Å². The van der Waals surface area contributed by atoms with Crippen molar-refractivity contribution in [1.29, 1.82) is 0 Å². The summed E-state index contributed by atoms with van der Waals surface area (Å²) in [5.41, 5.74) is 2.12. The monoisotopic (exact) mass is 205 g/mol. The quantitative estimate of drug-likeness (QED) is 0.816. The molecule has 0 aliphatic carbocycles. The highest BCUT2D eigenvalue weighted by Gasteiger charge is 1.99. The second-order valence-electron chi connectivity index (χ2n) is 3.55. The summed E-state index contributed by atoms with van der Waals surface area (Å²) in [6.45, 7) is 3.87. The summed E-state index contributed by atoms with van der Waals surface area (Å²) in [6, 6.07) is 1.92. The van der Waals surface area contributed by atoms with Gasteiger partial charge in [-0.05, 0) is 18.6 Å². The van der Waals surface area contributed by atoms with Crippen molar-refractivity contribution in [3.05, 3.63) is 42.0 Å². The van der Waals surface area contributed by atoms with Gasteiger partial charge in [-0.3, -0.25) is 4.68 Å². The Kier molecular flexibility index (Phi) is 2.87. The maximum absolute atomic E-state index is 8.93. The number of aliphatic hydroxyl groups excluding tert-OH is 1. The van der Waals surface area contributed by atoms with Gasteiger partial charge < -0.3 is 9.67 Å². The molecule has 2 aromatic rings. The first-order valence-corrected chi connectivity index (χ1v) is 5.08. The van der Waals surface area contributed by atoms with Crippen LogP contribution in [0.4, 0.5) is 0 Å². The van der Waals surface area contributed by atoms with Crippen LogP contribution in [0.15, 0.2) is 30.9 Å². The topological polar surface area (TPSA) is 43.0 Å². The van der Waals surface area contributed by atoms with Crippen molar-refractivity contribution in [2.75, 3.05) is 0 Å². The number of rotatable bonds is 4. The van der Waals surface area contributed by atoms with Crippen LogP contribution >= 0.6 is 0 Å². The summed E-state index contributed by atoms with van der Waals surface area (Å²) in [7, 11) is 0. The predicted octanol–water partition coefficient (Wildman–Crippen LogP) is 1.25. The normalized spacial score (nSPS) is 10.8. The van der Waals surface area contributed by atoms with Gasteiger partial charge in [-0.15, -0.1) is 0 Å². The second-order valence-corrected chi connectivity index (χ2v) is 3.55. The van der Waals surface area contributed by atoms with E-state index in [4.69, 9.17) is 5.11 Å². The van der Waals surface area contributed by atoms with Crippen LogP contribution in [0.5, 0.6) is 0 Å². The molecule has 4 nitrogen and oxygen atoms in total. The molecule has 15 heavy (non-hydrogen) atoms. The zero-order valence-corrected chi connectivity index (χ0v) is 8.80. The molecule has 0 aromatic carbocycles. The van der Waals surface area contributed by atoms with Crippen LogP contribution in [0.25, 0.3) is 0 Å². The third kappa shape index (κ3) is 2.27. The molecule has 0 fully saturated rings. The van der Waals surface area contributed by atoms with Gasteiger partial charge >= 0.3 is 0 Å². The third-order valence-electron chi connectivity index (χ3n) is 2.37. The number of aryl methyl sites for hydroxylation is 1. The predicted molar refractivity (Wildman–Crippen MR) is 57.4 cm³/mol. The zero-order valence-electron chi connectivity index (χ0n) is 8.80. The zero-order chi connectivity index (χ0) is 10.7. The SMILES string of the molecule is CCn1cc(Cn2ccc(CO)c2)cn1. The van der Waals surface area contributed by atoms with Crippen LogP contribution in [-0.2, 0) is 19.7 Å². The minimum absolute atomic E-state index is 0.0984. The van der Waals surface area contributed by atoms with Gasteiger partial charge in [0.1, 0.15) is 0 Å². The smallest absolute Gasteiger partial charge is 0.0696 e. The van der Waals surface area contributed by atoms with Crippen molar-refractivity contribution < 1.29 is 5.11 Å². The Morgan fingerprint density at radius 1 is 1.33 bits per heavy atom. The van der Waals surface area contributed by atoms with E-state index in [0.29, 0.717) is 0 Å². The average Bonchev–Trinajstić information content (AvgIpc) is 2.87. The number of aliphatic hydroxyl groups is 1. The Labute approximate surface area is 88.8 Å². The van der Waals surface area contributed by atoms with Gasteiger partial charge in [0.05, 0.1) is 19.3 Å². The first kappa shape index (κ1) is 9.98. The first-order valence-electron chi connectivity index (χ1n) is 5.08. The third-order valence-corrected chi connectivity index (χ3v) is 2.37. The van der Waals surface area contributed by atoms with Gasteiger partial charge in [0.2, 0.25) is 0 Å². The molecule has 1 N–H and O–H groups in total. The lowest BCUT2D eigenvalue weighted by Gasteiger charge is -1.98. The van der Waals surface area contributed by atoms with Crippen molar-refractivity contribution in [2.45, 2.75) is 26.6 Å². The fourth-order valence-corrected chi connectivity index (χ4v) is 1.55. The van der Waals surface area contributed by atoms with E-state index < -0.39 is 0 Å². The number of hydrogen-bond donors (Lipinski definition) is 1. The lowest BCUT2D eigenvalue weighted by atomic mass is 10.3. The van der Waals surface area contributed by atoms with Crippen LogP contribution < -0.4 is 0 Å². The number of nitrogens with zero attached hydrogens (tertiary/aromatic N) is 3. The fraction of sp³-hybridized carbons (Fsp3) is 0.364. The minimum atomic E-state index is 0.0984. The molecule has 0 aliphatic rings. The van der Waals surface area contributed by atoms with Crippen LogP contribution in [0, 0.1) is 0 Å². The lowest BCUT2D eigenvalue weighted by molar-refractivity contribution is 0.282. The van der Waals surface area contributed by atoms with Gasteiger partial charge in [0.15, 0.2) is 0 Å². The maximum Gasteiger partial charge on any atom is 0.0696 e. The molecule has 2 rings (SSSR count). The Bertz CT molecular complexity index is 390. The van der Waals surface area contributed by atoms with E-state index in [1.165, 1.54) is 5.56 Å². The molecule has 0 unspecified atom stereocenters. The first-order chi connectivity index (χ1) is 7.31. The van der Waals surface area contributed by atoms with Crippen LogP contribution in [0.2, 0.25) is 0 Å². The lowest BCUT2D eigenvalue weighted by Crippen LogP contribution is -1.96. The maximum atomic E-state index is 8.93. The second kappa shape index (κ2) is 4.31. The Balaban J connectivity index is 2.07. The molecule has 80 valence electrons. The van der Waals surface area contributed by atoms with Crippen molar-refractivity contribution >= 4 is 0 Å². The van der Waals surface area contributed by atoms with Crippen molar-refractivity contribution in [3.63, 3.8) is 0 Å². The summed E-state index contributed by atoms with van der Waals surface area (Å²) in [6.07, 6.45) is 7.83. The van der Waals surface area contributed by atoms with E-state index >= 15 is 0 Å². The van der Waals surface area contributed by atoms with E-state index in [0.717, 1.165) is 18.7 Å². The van der Waals surface area contributed by atoms with Crippen molar-refractivity contribution in [1.82, 2.24) is 14.3 Å². The molecule has 0 atom stereocenters. The standard InChI is InChI=1S/C11H15N3O/c1-2-14-8-11(5-12-14)7-13-4-3-10(6-13)9-15/h3-6,8,15H,2,7,9H2,1H3. The van der Waals surface area contributed by atoms with Gasteiger partial charge in [-0.1, -0.05) is 0 Å². The highest BCUT2D eigenvalue weighted by molar-refractivity contribution is 5.12. The summed E-state index contributed by atoms with van der Waals surface area (Å²) in [5.74, 6) is 0. The average molecular weight is 205 g/mol. The Morgan fingerprint density at radius 2 is 2.20 bits per heavy atom. The van der Waals surface area contributed by atoms with Crippen LogP contribution in [0.3, 0.4) is 0 Å². The van der Waals surface area contributed by atoms with E-state index in [1.54, 1.807) is 0 Å². The molecule has 4 heteroatoms. The number of hydrogen-bond acceptors (Lipinski definition) is 2. The molecule has 2 aromatic heterocycles. The van der Waals surface area contributed by atoms with Gasteiger partial charge in [0.25, 0.3) is 0 Å². The Hall–Kier alpha value is -1.55. The van der Waals surface area contributed by atoms with E-state index in [1.807, 2.05) is 40.1 Å². The highest BCUT2D eigenvalue weighted by atomic mass is 16.3. The highest BCUT2D eigenvalue weighted by Crippen LogP contribution is 2.05. The summed E-state index contributed by atoms with van der Waals surface area (Å²) < 4.78 is 3.95. The summed E-state index contributed by atoms with van der Waals surface area (Å²) in [5, 5.41) is 13.1. The molecule has 0 saturated carbocycles. The molecule has 0 amide bonds. The molecule has 0 saturated heterocycles. The molecule has 0 bridgehead atoms. The van der Waals surface area contributed by atoms with E-state index in [-0.39, 0.29) is 6.61 Å². The van der Waals surface area contributed by atoms with Gasteiger partial charge in [0, 0.05) is 30.7 Å². The molecule has 0 aliphatic heterocycles. The molecule has 0 radical (unpaired) electrons. The van der Waals surface area contributed by atoms with E-state index in [2.05, 4.69) is 12.0 Å². The van der Waals surface area contributed by atoms with Crippen molar-refractivity contribution in [3.8, 4) is 0 Å². The molecule has 0 spiro atoms. The largest absolute Gasteiger partial charge is 0.392 e.